The number of rotatable bonds is 11. The van der Waals surface area contributed by atoms with Crippen LogP contribution in [-0.4, -0.2) is 81.5 Å². The highest BCUT2D eigenvalue weighted by atomic mass is 16.5. The number of H-pyrrole nitrogens is 1. The monoisotopic (exact) mass is 620 g/mol. The minimum Gasteiger partial charge on any atom is -0.489 e. The van der Waals surface area contributed by atoms with Crippen LogP contribution in [0.3, 0.4) is 0 Å². The van der Waals surface area contributed by atoms with Gasteiger partial charge in [-0.1, -0.05) is 51.0 Å². The van der Waals surface area contributed by atoms with Gasteiger partial charge >= 0.3 is 0 Å². The van der Waals surface area contributed by atoms with Gasteiger partial charge in [-0.05, 0) is 74.6 Å². The van der Waals surface area contributed by atoms with E-state index in [1.165, 1.54) is 87.3 Å². The molecule has 0 spiro atoms. The Bertz CT molecular complexity index is 1210. The topological polar surface area (TPSA) is 106 Å². The SMILES string of the molecule is Cc1c(OCc2cn[nH]c2)ccc2c1CCN(C[C@@H](O)CNC(=O)C1CCN(C3CCCCCCCC3)C(NC3CCC3)C1)C2. The first-order valence-corrected chi connectivity index (χ1v) is 17.9. The maximum atomic E-state index is 13.4. The van der Waals surface area contributed by atoms with Crippen LogP contribution in [0.1, 0.15) is 106 Å². The molecule has 1 saturated heterocycles. The molecule has 248 valence electrons. The number of β-amino-alcohol motifs (C(OH)–C–C–N with tert-alkyl or cyclic N) is 1. The Morgan fingerprint density at radius 1 is 1.07 bits per heavy atom. The molecule has 45 heavy (non-hydrogen) atoms. The quantitative estimate of drug-likeness (QED) is 0.286. The van der Waals surface area contributed by atoms with E-state index in [1.807, 2.05) is 6.20 Å². The maximum Gasteiger partial charge on any atom is 0.223 e. The van der Waals surface area contributed by atoms with Crippen LogP contribution >= 0.6 is 0 Å². The number of aromatic nitrogens is 2. The van der Waals surface area contributed by atoms with E-state index in [4.69, 9.17) is 4.74 Å². The molecular weight excluding hydrogens is 564 g/mol. The van der Waals surface area contributed by atoms with E-state index < -0.39 is 6.10 Å². The maximum absolute atomic E-state index is 13.4. The van der Waals surface area contributed by atoms with Crippen molar-refractivity contribution in [3.8, 4) is 5.75 Å². The van der Waals surface area contributed by atoms with Crippen LogP contribution in [0.5, 0.6) is 5.75 Å². The number of likely N-dealkylation sites (tertiary alicyclic amines) is 1. The van der Waals surface area contributed by atoms with Crippen LogP contribution in [0.4, 0.5) is 0 Å². The molecule has 6 rings (SSSR count). The van der Waals surface area contributed by atoms with E-state index in [2.05, 4.69) is 49.7 Å². The fraction of sp³-hybridized carbons (Fsp3) is 0.722. The Balaban J connectivity index is 0.970. The van der Waals surface area contributed by atoms with Gasteiger partial charge in [-0.3, -0.25) is 25.0 Å². The lowest BCUT2D eigenvalue weighted by atomic mass is 9.87. The van der Waals surface area contributed by atoms with E-state index in [1.54, 1.807) is 6.20 Å². The Kier molecular flexibility index (Phi) is 11.5. The van der Waals surface area contributed by atoms with Crippen molar-refractivity contribution in [2.24, 2.45) is 5.92 Å². The molecule has 0 radical (unpaired) electrons. The number of hydrogen-bond donors (Lipinski definition) is 4. The summed E-state index contributed by atoms with van der Waals surface area (Å²) in [5, 5.41) is 24.9. The molecule has 3 fully saturated rings. The first-order chi connectivity index (χ1) is 22.0. The molecule has 1 aromatic heterocycles. The van der Waals surface area contributed by atoms with Crippen LogP contribution in [-0.2, 0) is 24.4 Å². The highest BCUT2D eigenvalue weighted by Crippen LogP contribution is 2.32. The van der Waals surface area contributed by atoms with E-state index in [0.29, 0.717) is 37.9 Å². The summed E-state index contributed by atoms with van der Waals surface area (Å²) >= 11 is 0. The molecule has 2 aromatic rings. The fourth-order valence-electron chi connectivity index (χ4n) is 8.05. The Hall–Kier alpha value is -2.46. The third-order valence-corrected chi connectivity index (χ3v) is 11.0. The molecule has 2 unspecified atom stereocenters. The van der Waals surface area contributed by atoms with Crippen LogP contribution in [0, 0.1) is 12.8 Å². The number of fused-ring (bicyclic) bond motifs is 1. The second-order valence-electron chi connectivity index (χ2n) is 14.2. The van der Waals surface area contributed by atoms with Crippen molar-refractivity contribution >= 4 is 5.91 Å². The fourth-order valence-corrected chi connectivity index (χ4v) is 8.05. The van der Waals surface area contributed by atoms with Crippen molar-refractivity contribution in [2.75, 3.05) is 26.2 Å². The Morgan fingerprint density at radius 3 is 2.60 bits per heavy atom. The minimum absolute atomic E-state index is 0.0112. The lowest BCUT2D eigenvalue weighted by molar-refractivity contribution is -0.128. The van der Waals surface area contributed by atoms with Gasteiger partial charge in [0.05, 0.1) is 18.5 Å². The van der Waals surface area contributed by atoms with E-state index >= 15 is 0 Å². The number of carbonyl (C=O) groups is 1. The Labute approximate surface area is 269 Å². The van der Waals surface area contributed by atoms with E-state index in [9.17, 15) is 9.90 Å². The molecule has 1 aromatic carbocycles. The minimum atomic E-state index is -0.586. The summed E-state index contributed by atoms with van der Waals surface area (Å²) in [7, 11) is 0. The van der Waals surface area contributed by atoms with Crippen LogP contribution in [0.25, 0.3) is 0 Å². The van der Waals surface area contributed by atoms with Gasteiger partial charge in [0.15, 0.2) is 0 Å². The molecule has 9 nitrogen and oxygen atoms in total. The number of nitrogens with one attached hydrogen (secondary N) is 3. The lowest BCUT2D eigenvalue weighted by Gasteiger charge is -2.46. The number of aliphatic hydroxyl groups is 1. The average molecular weight is 621 g/mol. The lowest BCUT2D eigenvalue weighted by Crippen LogP contribution is -2.59. The van der Waals surface area contributed by atoms with Gasteiger partial charge in [-0.15, -0.1) is 0 Å². The number of ether oxygens (including phenoxy) is 1. The molecule has 4 N–H and O–H groups in total. The smallest absolute Gasteiger partial charge is 0.223 e. The molecule has 9 heteroatoms. The highest BCUT2D eigenvalue weighted by molar-refractivity contribution is 5.78. The average Bonchev–Trinajstić information content (AvgIpc) is 3.59. The van der Waals surface area contributed by atoms with Crippen LogP contribution in [0.2, 0.25) is 0 Å². The van der Waals surface area contributed by atoms with Crippen molar-refractivity contribution in [1.29, 1.82) is 0 Å². The highest BCUT2D eigenvalue weighted by Gasteiger charge is 2.37. The summed E-state index contributed by atoms with van der Waals surface area (Å²) in [6.45, 7) is 6.19. The van der Waals surface area contributed by atoms with Crippen molar-refractivity contribution in [3.63, 3.8) is 0 Å². The predicted octanol–water partition coefficient (Wildman–Crippen LogP) is 4.82. The van der Waals surface area contributed by atoms with Gasteiger partial charge < -0.3 is 15.2 Å². The second kappa shape index (κ2) is 15.9. The van der Waals surface area contributed by atoms with Crippen molar-refractivity contribution in [3.05, 3.63) is 46.8 Å². The second-order valence-corrected chi connectivity index (χ2v) is 14.2. The summed E-state index contributed by atoms with van der Waals surface area (Å²) in [6, 6.07) is 5.47. The van der Waals surface area contributed by atoms with Gasteiger partial charge in [0, 0.05) is 62.5 Å². The molecule has 4 aliphatic rings. The number of aliphatic hydroxyl groups excluding tert-OH is 1. The van der Waals surface area contributed by atoms with E-state index in [0.717, 1.165) is 50.2 Å². The van der Waals surface area contributed by atoms with Gasteiger partial charge in [-0.2, -0.15) is 5.10 Å². The zero-order valence-electron chi connectivity index (χ0n) is 27.4. The number of carbonyl (C=O) groups excluding carboxylic acids is 1. The molecule has 2 aliphatic heterocycles. The molecule has 0 bridgehead atoms. The van der Waals surface area contributed by atoms with Gasteiger partial charge in [-0.25, -0.2) is 0 Å². The molecule has 2 saturated carbocycles. The first kappa shape index (κ1) is 32.5. The van der Waals surface area contributed by atoms with Gasteiger partial charge in [0.2, 0.25) is 5.91 Å². The largest absolute Gasteiger partial charge is 0.489 e. The third-order valence-electron chi connectivity index (χ3n) is 11.0. The molecule has 3 atom stereocenters. The predicted molar refractivity (Wildman–Crippen MR) is 177 cm³/mol. The van der Waals surface area contributed by atoms with E-state index in [-0.39, 0.29) is 11.8 Å². The molecule has 2 aliphatic carbocycles. The zero-order valence-corrected chi connectivity index (χ0v) is 27.4. The van der Waals surface area contributed by atoms with Crippen molar-refractivity contribution in [1.82, 2.24) is 30.6 Å². The van der Waals surface area contributed by atoms with Gasteiger partial charge in [0.1, 0.15) is 12.4 Å². The number of hydrogen-bond acceptors (Lipinski definition) is 7. The summed E-state index contributed by atoms with van der Waals surface area (Å²) < 4.78 is 6.07. The standard InChI is InChI=1S/C36H56N6O3/c1-26-33-16-17-41(23-29(33)13-14-34(26)45-25-27-20-38-39-21-27)24-32(43)22-37-36(44)28-15-18-42(35(19-28)40-30-9-8-10-30)31-11-6-4-2-3-5-7-12-31/h13-14,20-21,28,30-32,35,40,43H,2-12,15-19,22-25H2,1H3,(H,37,44)(H,38,39)/t28?,32-,35?/m0/s1. The number of aromatic amines is 1. The van der Waals surface area contributed by atoms with Crippen LogP contribution < -0.4 is 15.4 Å². The molecule has 1 amide bonds. The third kappa shape index (κ3) is 8.67. The number of amides is 1. The van der Waals surface area contributed by atoms with Crippen molar-refractivity contribution in [2.45, 2.75) is 134 Å². The normalized spacial score (nSPS) is 24.9. The van der Waals surface area contributed by atoms with Crippen molar-refractivity contribution < 1.29 is 14.6 Å². The number of benzene rings is 1. The summed E-state index contributed by atoms with van der Waals surface area (Å²) in [4.78, 5) is 18.4. The van der Waals surface area contributed by atoms with Gasteiger partial charge in [0.25, 0.3) is 0 Å². The first-order valence-electron chi connectivity index (χ1n) is 17.9. The number of piperidine rings is 1. The summed E-state index contributed by atoms with van der Waals surface area (Å²) in [5.74, 6) is 1.05. The summed E-state index contributed by atoms with van der Waals surface area (Å²) in [6.07, 6.45) is 20.7. The molecule has 3 heterocycles. The number of nitrogens with zero attached hydrogens (tertiary/aromatic N) is 3. The zero-order chi connectivity index (χ0) is 31.0. The Morgan fingerprint density at radius 2 is 1.87 bits per heavy atom. The summed E-state index contributed by atoms with van der Waals surface area (Å²) in [5.41, 5.74) is 4.87. The van der Waals surface area contributed by atoms with Crippen LogP contribution in [0.15, 0.2) is 24.5 Å². The molecular formula is C36H56N6O3.